The molecule has 0 heterocycles. The van der Waals surface area contributed by atoms with Gasteiger partial charge >= 0.3 is 0 Å². The minimum Gasteiger partial charge on any atom is -0.356 e. The lowest BCUT2D eigenvalue weighted by molar-refractivity contribution is -0.121. The lowest BCUT2D eigenvalue weighted by atomic mass is 10.1. The molecule has 0 aliphatic heterocycles. The third kappa shape index (κ3) is 13.4. The molecule has 2 N–H and O–H groups in total. The van der Waals surface area contributed by atoms with Crippen LogP contribution in [0, 0.1) is 11.8 Å². The van der Waals surface area contributed by atoms with E-state index in [1.165, 1.54) is 0 Å². The fourth-order valence-corrected chi connectivity index (χ4v) is 1.91. The minimum atomic E-state index is 0. The molecule has 0 atom stereocenters. The summed E-state index contributed by atoms with van der Waals surface area (Å²) < 4.78 is 0. The Labute approximate surface area is 127 Å². The quantitative estimate of drug-likeness (QED) is 0.573. The first kappa shape index (κ1) is 18.9. The number of rotatable bonds is 11. The summed E-state index contributed by atoms with van der Waals surface area (Å²) in [6, 6.07) is 0. The molecule has 0 spiro atoms. The molecule has 0 radical (unpaired) electrons. The van der Waals surface area contributed by atoms with Crippen molar-refractivity contribution in [2.24, 2.45) is 11.8 Å². The third-order valence-corrected chi connectivity index (χ3v) is 3.03. The summed E-state index contributed by atoms with van der Waals surface area (Å²) in [5.74, 6) is 1.33. The van der Waals surface area contributed by atoms with Crippen LogP contribution in [0.4, 0.5) is 0 Å². The number of nitrogens with one attached hydrogen (secondary N) is 2. The van der Waals surface area contributed by atoms with Gasteiger partial charge in [-0.3, -0.25) is 9.59 Å². The van der Waals surface area contributed by atoms with Gasteiger partial charge in [0.25, 0.3) is 0 Å². The van der Waals surface area contributed by atoms with Crippen molar-refractivity contribution in [3.63, 3.8) is 0 Å². The second kappa shape index (κ2) is 11.7. The Morgan fingerprint density at radius 3 is 2.05 bits per heavy atom. The van der Waals surface area contributed by atoms with Crippen LogP contribution in [-0.2, 0) is 9.59 Å². The zero-order chi connectivity index (χ0) is 15.4. The maximum Gasteiger partial charge on any atom is 0.220 e. The molecule has 0 bridgehead atoms. The standard InChI is InChI=1S/C16H32N2O2.2H2/c1-13(2)8-7-11-17-15(19)9-5-6-10-18-16(20)12-14(3)4;;/h13-14H,5-12H2,1-4H3,(H,17,19)(H,18,20);2*1H. The zero-order valence-corrected chi connectivity index (χ0v) is 13.6. The highest BCUT2D eigenvalue weighted by Gasteiger charge is 2.04. The summed E-state index contributed by atoms with van der Waals surface area (Å²) in [7, 11) is 0. The fourth-order valence-electron chi connectivity index (χ4n) is 1.91. The number of carbonyl (C=O) groups excluding carboxylic acids is 2. The molecule has 0 aromatic rings. The van der Waals surface area contributed by atoms with Crippen LogP contribution < -0.4 is 10.6 Å². The first-order chi connectivity index (χ1) is 9.41. The Morgan fingerprint density at radius 2 is 1.45 bits per heavy atom. The van der Waals surface area contributed by atoms with Gasteiger partial charge in [-0.1, -0.05) is 27.7 Å². The van der Waals surface area contributed by atoms with Crippen LogP contribution in [0.2, 0.25) is 0 Å². The molecule has 4 heteroatoms. The molecule has 0 aromatic carbocycles. The van der Waals surface area contributed by atoms with E-state index in [0.717, 1.165) is 32.2 Å². The number of carbonyl (C=O) groups is 2. The van der Waals surface area contributed by atoms with Crippen molar-refractivity contribution in [1.29, 1.82) is 0 Å². The number of hydrogen-bond acceptors (Lipinski definition) is 2. The van der Waals surface area contributed by atoms with Crippen LogP contribution in [0.15, 0.2) is 0 Å². The van der Waals surface area contributed by atoms with Crippen LogP contribution in [-0.4, -0.2) is 24.9 Å². The van der Waals surface area contributed by atoms with Gasteiger partial charge in [-0.05, 0) is 37.5 Å². The Balaban J connectivity index is -0.00000180. The van der Waals surface area contributed by atoms with Crippen molar-refractivity contribution in [3.8, 4) is 0 Å². The molecule has 20 heavy (non-hydrogen) atoms. The van der Waals surface area contributed by atoms with E-state index < -0.39 is 0 Å². The largest absolute Gasteiger partial charge is 0.356 e. The molecular formula is C16H36N2O2. The van der Waals surface area contributed by atoms with Crippen molar-refractivity contribution in [2.45, 2.75) is 66.2 Å². The number of hydrogen-bond donors (Lipinski definition) is 2. The molecule has 0 rings (SSSR count). The topological polar surface area (TPSA) is 58.2 Å². The zero-order valence-electron chi connectivity index (χ0n) is 13.6. The lowest BCUT2D eigenvalue weighted by Crippen LogP contribution is -2.26. The van der Waals surface area contributed by atoms with Crippen molar-refractivity contribution in [3.05, 3.63) is 0 Å². The van der Waals surface area contributed by atoms with E-state index >= 15 is 0 Å². The van der Waals surface area contributed by atoms with Crippen molar-refractivity contribution in [2.75, 3.05) is 13.1 Å². The Hall–Kier alpha value is -1.06. The third-order valence-electron chi connectivity index (χ3n) is 3.03. The van der Waals surface area contributed by atoms with Crippen LogP contribution in [0.3, 0.4) is 0 Å². The number of unbranched alkanes of at least 4 members (excludes halogenated alkanes) is 1. The molecule has 0 saturated heterocycles. The van der Waals surface area contributed by atoms with E-state index in [-0.39, 0.29) is 14.7 Å². The number of amides is 2. The molecule has 0 aromatic heterocycles. The molecule has 122 valence electrons. The van der Waals surface area contributed by atoms with Gasteiger partial charge in [-0.15, -0.1) is 0 Å². The van der Waals surface area contributed by atoms with Crippen molar-refractivity contribution < 1.29 is 12.4 Å². The highest BCUT2D eigenvalue weighted by Crippen LogP contribution is 2.02. The van der Waals surface area contributed by atoms with Gasteiger partial charge in [-0.25, -0.2) is 0 Å². The van der Waals surface area contributed by atoms with Gasteiger partial charge < -0.3 is 10.6 Å². The maximum absolute atomic E-state index is 11.5. The highest BCUT2D eigenvalue weighted by atomic mass is 16.2. The van der Waals surface area contributed by atoms with E-state index in [0.29, 0.717) is 31.2 Å². The summed E-state index contributed by atoms with van der Waals surface area (Å²) in [6.07, 6.45) is 5.04. The second-order valence-electron chi connectivity index (χ2n) is 6.29. The molecule has 2 amide bonds. The van der Waals surface area contributed by atoms with Crippen LogP contribution >= 0.6 is 0 Å². The first-order valence-corrected chi connectivity index (χ1v) is 7.95. The van der Waals surface area contributed by atoms with Crippen molar-refractivity contribution in [1.82, 2.24) is 10.6 Å². The maximum atomic E-state index is 11.5. The SMILES string of the molecule is CC(C)CCCNC(=O)CCCCNC(=O)CC(C)C.[HH].[HH]. The molecule has 0 fully saturated rings. The predicted octanol–water partition coefficient (Wildman–Crippen LogP) is 3.36. The molecule has 0 unspecified atom stereocenters. The van der Waals surface area contributed by atoms with Gasteiger partial charge in [0.05, 0.1) is 0 Å². The van der Waals surface area contributed by atoms with Crippen LogP contribution in [0.5, 0.6) is 0 Å². The smallest absolute Gasteiger partial charge is 0.220 e. The highest BCUT2D eigenvalue weighted by molar-refractivity contribution is 5.76. The molecule has 0 aliphatic carbocycles. The molecule has 4 nitrogen and oxygen atoms in total. The summed E-state index contributed by atoms with van der Waals surface area (Å²) in [5, 5.41) is 5.82. The summed E-state index contributed by atoms with van der Waals surface area (Å²) in [4.78, 5) is 22.9. The van der Waals surface area contributed by atoms with E-state index in [4.69, 9.17) is 0 Å². The van der Waals surface area contributed by atoms with E-state index in [1.807, 2.05) is 13.8 Å². The Kier molecular flexibility index (Phi) is 11.1. The average Bonchev–Trinajstić information content (AvgIpc) is 2.33. The Morgan fingerprint density at radius 1 is 0.850 bits per heavy atom. The molecular weight excluding hydrogens is 252 g/mol. The van der Waals surface area contributed by atoms with E-state index in [9.17, 15) is 9.59 Å². The lowest BCUT2D eigenvalue weighted by Gasteiger charge is -2.08. The van der Waals surface area contributed by atoms with Gasteiger partial charge in [0.1, 0.15) is 0 Å². The minimum absolute atomic E-state index is 0. The van der Waals surface area contributed by atoms with Gasteiger partial charge in [0.15, 0.2) is 0 Å². The van der Waals surface area contributed by atoms with Gasteiger partial charge in [0.2, 0.25) is 11.8 Å². The Bertz CT molecular complexity index is 285. The van der Waals surface area contributed by atoms with Crippen LogP contribution in [0.1, 0.15) is 69.1 Å². The van der Waals surface area contributed by atoms with Gasteiger partial charge in [-0.2, -0.15) is 0 Å². The second-order valence-corrected chi connectivity index (χ2v) is 6.29. The monoisotopic (exact) mass is 288 g/mol. The average molecular weight is 288 g/mol. The van der Waals surface area contributed by atoms with Crippen LogP contribution in [0.25, 0.3) is 0 Å². The summed E-state index contributed by atoms with van der Waals surface area (Å²) in [6.45, 7) is 9.89. The molecule has 0 aliphatic rings. The molecule has 0 saturated carbocycles. The predicted molar refractivity (Wildman–Crippen MR) is 87.6 cm³/mol. The summed E-state index contributed by atoms with van der Waals surface area (Å²) in [5.41, 5.74) is 0. The van der Waals surface area contributed by atoms with Gasteiger partial charge in [0, 0.05) is 28.8 Å². The first-order valence-electron chi connectivity index (χ1n) is 7.95. The van der Waals surface area contributed by atoms with E-state index in [2.05, 4.69) is 24.5 Å². The van der Waals surface area contributed by atoms with Crippen molar-refractivity contribution >= 4 is 11.8 Å². The fraction of sp³-hybridized carbons (Fsp3) is 0.875. The normalized spacial score (nSPS) is 10.9. The summed E-state index contributed by atoms with van der Waals surface area (Å²) >= 11 is 0. The van der Waals surface area contributed by atoms with E-state index in [1.54, 1.807) is 0 Å².